The number of anilines is 2. The fraction of sp³-hybridized carbons (Fsp3) is 0.235. The fourth-order valence-electron chi connectivity index (χ4n) is 2.15. The van der Waals surface area contributed by atoms with Gasteiger partial charge in [-0.05, 0) is 31.0 Å². The molecule has 0 aliphatic heterocycles. The van der Waals surface area contributed by atoms with Crippen molar-refractivity contribution in [1.82, 2.24) is 0 Å². The zero-order valence-corrected chi connectivity index (χ0v) is 12.3. The second-order valence-electron chi connectivity index (χ2n) is 5.00. The molecule has 0 saturated carbocycles. The van der Waals surface area contributed by atoms with Crippen LogP contribution in [0.15, 0.2) is 42.5 Å². The van der Waals surface area contributed by atoms with Gasteiger partial charge in [-0.3, -0.25) is 4.79 Å². The summed E-state index contributed by atoms with van der Waals surface area (Å²) >= 11 is 0. The van der Waals surface area contributed by atoms with Crippen molar-refractivity contribution in [2.75, 3.05) is 18.2 Å². The summed E-state index contributed by atoms with van der Waals surface area (Å²) in [6.07, 6.45) is 1.14. The van der Waals surface area contributed by atoms with E-state index in [0.717, 1.165) is 5.56 Å². The van der Waals surface area contributed by atoms with Crippen molar-refractivity contribution < 1.29 is 9.53 Å². The number of nitrogens with two attached hydrogens (primary N) is 1. The molecule has 0 aliphatic carbocycles. The summed E-state index contributed by atoms with van der Waals surface area (Å²) in [5.41, 5.74) is 9.29. The van der Waals surface area contributed by atoms with Gasteiger partial charge in [0.2, 0.25) is 5.91 Å². The van der Waals surface area contributed by atoms with Gasteiger partial charge in [-0.2, -0.15) is 0 Å². The number of nitrogens with one attached hydrogen (secondary N) is 1. The lowest BCUT2D eigenvalue weighted by molar-refractivity contribution is -0.116. The van der Waals surface area contributed by atoms with Gasteiger partial charge in [0.15, 0.2) is 0 Å². The van der Waals surface area contributed by atoms with Crippen molar-refractivity contribution in [3.8, 4) is 5.75 Å². The summed E-state index contributed by atoms with van der Waals surface area (Å²) < 4.78 is 5.21. The second kappa shape index (κ2) is 6.79. The van der Waals surface area contributed by atoms with Crippen LogP contribution < -0.4 is 15.8 Å². The topological polar surface area (TPSA) is 64.3 Å². The highest BCUT2D eigenvalue weighted by Gasteiger charge is 2.08. The lowest BCUT2D eigenvalue weighted by Crippen LogP contribution is -2.13. The molecular weight excluding hydrogens is 264 g/mol. The lowest BCUT2D eigenvalue weighted by atomic mass is 10.1. The smallest absolute Gasteiger partial charge is 0.224 e. The van der Waals surface area contributed by atoms with Crippen LogP contribution in [-0.4, -0.2) is 13.0 Å². The number of rotatable bonds is 5. The van der Waals surface area contributed by atoms with E-state index >= 15 is 0 Å². The molecule has 0 radical (unpaired) electrons. The molecule has 0 fully saturated rings. The van der Waals surface area contributed by atoms with Crippen molar-refractivity contribution in [3.63, 3.8) is 0 Å². The molecule has 2 rings (SSSR count). The minimum absolute atomic E-state index is 0.0421. The van der Waals surface area contributed by atoms with Gasteiger partial charge in [0.25, 0.3) is 0 Å². The summed E-state index contributed by atoms with van der Waals surface area (Å²) in [6, 6.07) is 13.4. The highest BCUT2D eigenvalue weighted by atomic mass is 16.5. The summed E-state index contributed by atoms with van der Waals surface area (Å²) in [7, 11) is 1.55. The molecule has 2 aromatic rings. The largest absolute Gasteiger partial charge is 0.494 e. The van der Waals surface area contributed by atoms with Crippen LogP contribution in [0.3, 0.4) is 0 Å². The Balaban J connectivity index is 1.96. The van der Waals surface area contributed by atoms with E-state index in [2.05, 4.69) is 11.4 Å². The summed E-state index contributed by atoms with van der Waals surface area (Å²) in [4.78, 5) is 12.0. The summed E-state index contributed by atoms with van der Waals surface area (Å²) in [6.45, 7) is 2.04. The quantitative estimate of drug-likeness (QED) is 0.829. The molecule has 0 unspecified atom stereocenters. The number of carbonyl (C=O) groups excluding carboxylic acids is 1. The predicted molar refractivity (Wildman–Crippen MR) is 85.5 cm³/mol. The Hall–Kier alpha value is -2.49. The summed E-state index contributed by atoms with van der Waals surface area (Å²) in [5, 5.41) is 2.85. The van der Waals surface area contributed by atoms with Crippen molar-refractivity contribution in [3.05, 3.63) is 53.6 Å². The monoisotopic (exact) mass is 284 g/mol. The standard InChI is InChI=1S/C17H20N2O2/c1-12-4-3-5-13(10-12)6-9-17(20)19-15-8-7-14(18)11-16(15)21-2/h3-5,7-8,10-11H,6,9,18H2,1-2H3,(H,19,20). The number of aryl methyl sites for hydroxylation is 2. The number of hydrogen-bond donors (Lipinski definition) is 2. The average molecular weight is 284 g/mol. The summed E-state index contributed by atoms with van der Waals surface area (Å²) in [5.74, 6) is 0.526. The minimum Gasteiger partial charge on any atom is -0.494 e. The third-order valence-electron chi connectivity index (χ3n) is 3.22. The highest BCUT2D eigenvalue weighted by molar-refractivity contribution is 5.92. The zero-order chi connectivity index (χ0) is 15.2. The van der Waals surface area contributed by atoms with Crippen LogP contribution in [0, 0.1) is 6.92 Å². The molecule has 0 spiro atoms. The molecule has 0 bridgehead atoms. The predicted octanol–water partition coefficient (Wildman–Crippen LogP) is 3.16. The van der Waals surface area contributed by atoms with Gasteiger partial charge in [-0.25, -0.2) is 0 Å². The maximum Gasteiger partial charge on any atom is 0.224 e. The first-order chi connectivity index (χ1) is 10.1. The van der Waals surface area contributed by atoms with Crippen LogP contribution in [0.5, 0.6) is 5.75 Å². The number of hydrogen-bond acceptors (Lipinski definition) is 3. The van der Waals surface area contributed by atoms with Gasteiger partial charge in [0.05, 0.1) is 12.8 Å². The number of ether oxygens (including phenoxy) is 1. The van der Waals surface area contributed by atoms with Gasteiger partial charge in [0.1, 0.15) is 5.75 Å². The van der Waals surface area contributed by atoms with Gasteiger partial charge < -0.3 is 15.8 Å². The van der Waals surface area contributed by atoms with Crippen LogP contribution in [-0.2, 0) is 11.2 Å². The van der Waals surface area contributed by atoms with Gasteiger partial charge in [-0.1, -0.05) is 29.8 Å². The van der Waals surface area contributed by atoms with E-state index in [-0.39, 0.29) is 5.91 Å². The van der Waals surface area contributed by atoms with Crippen LogP contribution in [0.25, 0.3) is 0 Å². The number of amides is 1. The molecule has 3 N–H and O–H groups in total. The van der Waals surface area contributed by atoms with Gasteiger partial charge in [0, 0.05) is 18.2 Å². The molecular formula is C17H20N2O2. The van der Waals surface area contributed by atoms with Crippen LogP contribution in [0.4, 0.5) is 11.4 Å². The van der Waals surface area contributed by atoms with E-state index in [0.29, 0.717) is 30.0 Å². The zero-order valence-electron chi connectivity index (χ0n) is 12.3. The van der Waals surface area contributed by atoms with Crippen molar-refractivity contribution in [2.24, 2.45) is 0 Å². The fourth-order valence-corrected chi connectivity index (χ4v) is 2.15. The first-order valence-corrected chi connectivity index (χ1v) is 6.87. The molecule has 4 nitrogen and oxygen atoms in total. The normalized spacial score (nSPS) is 10.2. The molecule has 1 amide bonds. The second-order valence-corrected chi connectivity index (χ2v) is 5.00. The average Bonchev–Trinajstić information content (AvgIpc) is 2.47. The Bertz CT molecular complexity index is 638. The van der Waals surface area contributed by atoms with Crippen LogP contribution in [0.2, 0.25) is 0 Å². The molecule has 0 atom stereocenters. The number of benzene rings is 2. The Morgan fingerprint density at radius 1 is 1.24 bits per heavy atom. The van der Waals surface area contributed by atoms with E-state index in [4.69, 9.17) is 10.5 Å². The highest BCUT2D eigenvalue weighted by Crippen LogP contribution is 2.26. The van der Waals surface area contributed by atoms with E-state index in [1.165, 1.54) is 5.56 Å². The first kappa shape index (κ1) is 14.9. The molecule has 21 heavy (non-hydrogen) atoms. The van der Waals surface area contributed by atoms with Crippen molar-refractivity contribution in [1.29, 1.82) is 0 Å². The van der Waals surface area contributed by atoms with Crippen LogP contribution in [0.1, 0.15) is 17.5 Å². The minimum atomic E-state index is -0.0421. The Morgan fingerprint density at radius 2 is 2.05 bits per heavy atom. The van der Waals surface area contributed by atoms with E-state index in [1.807, 2.05) is 25.1 Å². The van der Waals surface area contributed by atoms with Crippen LogP contribution >= 0.6 is 0 Å². The number of methoxy groups -OCH3 is 1. The third kappa shape index (κ3) is 4.24. The van der Waals surface area contributed by atoms with Crippen molar-refractivity contribution in [2.45, 2.75) is 19.8 Å². The van der Waals surface area contributed by atoms with Crippen molar-refractivity contribution >= 4 is 17.3 Å². The van der Waals surface area contributed by atoms with Gasteiger partial charge in [-0.15, -0.1) is 0 Å². The maximum absolute atomic E-state index is 12.0. The molecule has 4 heteroatoms. The lowest BCUT2D eigenvalue weighted by Gasteiger charge is -2.11. The van der Waals surface area contributed by atoms with E-state index < -0.39 is 0 Å². The molecule has 0 aromatic heterocycles. The maximum atomic E-state index is 12.0. The molecule has 2 aromatic carbocycles. The third-order valence-corrected chi connectivity index (χ3v) is 3.22. The Morgan fingerprint density at radius 3 is 2.76 bits per heavy atom. The first-order valence-electron chi connectivity index (χ1n) is 6.87. The van der Waals surface area contributed by atoms with E-state index in [9.17, 15) is 4.79 Å². The molecule has 110 valence electrons. The van der Waals surface area contributed by atoms with E-state index in [1.54, 1.807) is 25.3 Å². The molecule has 0 aliphatic rings. The molecule has 0 heterocycles. The van der Waals surface area contributed by atoms with Gasteiger partial charge >= 0.3 is 0 Å². The number of nitrogen functional groups attached to an aromatic ring is 1. The SMILES string of the molecule is COc1cc(N)ccc1NC(=O)CCc1cccc(C)c1. The Kier molecular flexibility index (Phi) is 4.82. The molecule has 0 saturated heterocycles. The number of carbonyl (C=O) groups is 1. The Labute approximate surface area is 124 Å².